The molecule has 3 rings (SSSR count). The highest BCUT2D eigenvalue weighted by Crippen LogP contribution is 2.45. The van der Waals surface area contributed by atoms with Crippen LogP contribution in [0, 0.1) is 6.92 Å². The molecule has 1 N–H and O–H groups in total. The van der Waals surface area contributed by atoms with Gasteiger partial charge in [0.25, 0.3) is 0 Å². The summed E-state index contributed by atoms with van der Waals surface area (Å²) in [6.45, 7) is 2.02. The maximum absolute atomic E-state index is 4.55. The largest absolute Gasteiger partial charge is 0.367 e. The molecule has 2 nitrogen and oxygen atoms in total. The number of aryl methyl sites for hydroxylation is 1. The summed E-state index contributed by atoms with van der Waals surface area (Å²) < 4.78 is 0. The molecule has 0 fully saturated rings. The van der Waals surface area contributed by atoms with E-state index in [4.69, 9.17) is 0 Å². The topological polar surface area (TPSA) is 24.9 Å². The Labute approximate surface area is 99.1 Å². The molecule has 0 aliphatic carbocycles. The van der Waals surface area contributed by atoms with Gasteiger partial charge in [-0.2, -0.15) is 0 Å². The van der Waals surface area contributed by atoms with E-state index in [9.17, 15) is 0 Å². The Morgan fingerprint density at radius 1 is 1.12 bits per heavy atom. The summed E-state index contributed by atoms with van der Waals surface area (Å²) in [5.74, 6) is 0. The third-order valence-electron chi connectivity index (χ3n) is 2.60. The number of thioether (sulfide) groups is 1. The van der Waals surface area contributed by atoms with Crippen LogP contribution in [-0.4, -0.2) is 4.98 Å². The van der Waals surface area contributed by atoms with Crippen molar-refractivity contribution in [3.05, 3.63) is 53.9 Å². The van der Waals surface area contributed by atoms with Gasteiger partial charge in [0.1, 0.15) is 5.37 Å². The van der Waals surface area contributed by atoms with Crippen LogP contribution in [0.1, 0.15) is 16.8 Å². The predicted octanol–water partition coefficient (Wildman–Crippen LogP) is 3.61. The van der Waals surface area contributed by atoms with Crippen LogP contribution in [0.25, 0.3) is 0 Å². The normalized spacial score (nSPS) is 17.9. The van der Waals surface area contributed by atoms with Crippen molar-refractivity contribution >= 4 is 17.4 Å². The van der Waals surface area contributed by atoms with Crippen molar-refractivity contribution in [3.8, 4) is 0 Å². The van der Waals surface area contributed by atoms with E-state index in [0.29, 0.717) is 0 Å². The van der Waals surface area contributed by atoms with Gasteiger partial charge in [-0.1, -0.05) is 30.0 Å². The molecule has 0 saturated heterocycles. The van der Waals surface area contributed by atoms with Gasteiger partial charge < -0.3 is 5.32 Å². The average Bonchev–Trinajstić information content (AvgIpc) is 2.72. The van der Waals surface area contributed by atoms with Crippen LogP contribution in [0.15, 0.2) is 47.4 Å². The Balaban J connectivity index is 1.91. The zero-order valence-corrected chi connectivity index (χ0v) is 9.79. The summed E-state index contributed by atoms with van der Waals surface area (Å²) >= 11 is 1.82. The van der Waals surface area contributed by atoms with Gasteiger partial charge in [0.05, 0.1) is 5.69 Å². The number of fused-ring (bicyclic) bond motifs is 1. The quantitative estimate of drug-likeness (QED) is 0.807. The second kappa shape index (κ2) is 3.83. The van der Waals surface area contributed by atoms with E-state index in [-0.39, 0.29) is 5.37 Å². The van der Waals surface area contributed by atoms with Crippen molar-refractivity contribution in [1.29, 1.82) is 0 Å². The highest BCUT2D eigenvalue weighted by atomic mass is 32.2. The predicted molar refractivity (Wildman–Crippen MR) is 67.6 cm³/mol. The SMILES string of the molecule is Cc1cccc([C@H]2Nc3ccccc3S2)n1. The molecule has 0 unspecified atom stereocenters. The zero-order chi connectivity index (χ0) is 11.0. The van der Waals surface area contributed by atoms with E-state index in [1.54, 1.807) is 0 Å². The first kappa shape index (κ1) is 9.73. The standard InChI is InChI=1S/C13H12N2S/c1-9-5-4-7-11(14-9)13-15-10-6-2-3-8-12(10)16-13/h2-8,13,15H,1H3/t13-/m0/s1. The maximum Gasteiger partial charge on any atom is 0.120 e. The molecule has 0 bridgehead atoms. The smallest absolute Gasteiger partial charge is 0.120 e. The number of rotatable bonds is 1. The lowest BCUT2D eigenvalue weighted by molar-refractivity contribution is 1.00. The molecule has 0 saturated carbocycles. The summed E-state index contributed by atoms with van der Waals surface area (Å²) in [5, 5.41) is 3.73. The van der Waals surface area contributed by atoms with Gasteiger partial charge in [-0.15, -0.1) is 0 Å². The van der Waals surface area contributed by atoms with Crippen LogP contribution in [0.5, 0.6) is 0 Å². The van der Waals surface area contributed by atoms with Crippen LogP contribution < -0.4 is 5.32 Å². The first-order valence-corrected chi connectivity index (χ1v) is 6.17. The van der Waals surface area contributed by atoms with Crippen LogP contribution in [0.3, 0.4) is 0 Å². The number of hydrogen-bond acceptors (Lipinski definition) is 3. The van der Waals surface area contributed by atoms with Gasteiger partial charge >= 0.3 is 0 Å². The highest BCUT2D eigenvalue weighted by Gasteiger charge is 2.23. The molecule has 1 aliphatic heterocycles. The van der Waals surface area contributed by atoms with E-state index in [1.807, 2.05) is 24.8 Å². The fraction of sp³-hybridized carbons (Fsp3) is 0.154. The summed E-state index contributed by atoms with van der Waals surface area (Å²) in [5.41, 5.74) is 3.37. The molecule has 1 aromatic heterocycles. The third-order valence-corrected chi connectivity index (χ3v) is 3.80. The molecule has 1 aliphatic rings. The van der Waals surface area contributed by atoms with Crippen LogP contribution >= 0.6 is 11.8 Å². The summed E-state index contributed by atoms with van der Waals surface area (Å²) in [6.07, 6.45) is 0. The van der Waals surface area contributed by atoms with E-state index < -0.39 is 0 Å². The summed E-state index contributed by atoms with van der Waals surface area (Å²) in [6, 6.07) is 14.5. The third kappa shape index (κ3) is 1.67. The zero-order valence-electron chi connectivity index (χ0n) is 8.97. The minimum atomic E-state index is 0.248. The highest BCUT2D eigenvalue weighted by molar-refractivity contribution is 8.00. The fourth-order valence-corrected chi connectivity index (χ4v) is 2.93. The van der Waals surface area contributed by atoms with Gasteiger partial charge in [-0.25, -0.2) is 0 Å². The molecule has 0 radical (unpaired) electrons. The van der Waals surface area contributed by atoms with Gasteiger partial charge in [-0.05, 0) is 31.2 Å². The number of hydrogen-bond donors (Lipinski definition) is 1. The van der Waals surface area contributed by atoms with E-state index >= 15 is 0 Å². The monoisotopic (exact) mass is 228 g/mol. The molecule has 2 aromatic rings. The summed E-state index contributed by atoms with van der Waals surface area (Å²) in [7, 11) is 0. The molecule has 1 atom stereocenters. The molecule has 80 valence electrons. The Morgan fingerprint density at radius 3 is 2.81 bits per heavy atom. The van der Waals surface area contributed by atoms with Crippen LogP contribution in [0.2, 0.25) is 0 Å². The van der Waals surface area contributed by atoms with Crippen molar-refractivity contribution in [3.63, 3.8) is 0 Å². The Kier molecular flexibility index (Phi) is 2.33. The summed E-state index contributed by atoms with van der Waals surface area (Å²) in [4.78, 5) is 5.86. The molecule has 1 aromatic carbocycles. The van der Waals surface area contributed by atoms with Gasteiger partial charge in [0.2, 0.25) is 0 Å². The molecular formula is C13H12N2S. The Morgan fingerprint density at radius 2 is 2.00 bits per heavy atom. The lowest BCUT2D eigenvalue weighted by Crippen LogP contribution is -2.03. The lowest BCUT2D eigenvalue weighted by Gasteiger charge is -2.09. The van der Waals surface area contributed by atoms with Crippen molar-refractivity contribution in [2.45, 2.75) is 17.2 Å². The Bertz CT molecular complexity index is 500. The number of nitrogens with one attached hydrogen (secondary N) is 1. The number of nitrogens with zero attached hydrogens (tertiary/aromatic N) is 1. The van der Waals surface area contributed by atoms with Crippen molar-refractivity contribution < 1.29 is 0 Å². The van der Waals surface area contributed by atoms with E-state index in [1.165, 1.54) is 10.6 Å². The molecule has 0 amide bonds. The molecule has 0 spiro atoms. The van der Waals surface area contributed by atoms with Crippen LogP contribution in [0.4, 0.5) is 5.69 Å². The maximum atomic E-state index is 4.55. The van der Waals surface area contributed by atoms with Gasteiger partial charge in [0, 0.05) is 16.3 Å². The second-order valence-electron chi connectivity index (χ2n) is 3.84. The van der Waals surface area contributed by atoms with Gasteiger partial charge in [-0.3, -0.25) is 4.98 Å². The number of pyridine rings is 1. The van der Waals surface area contributed by atoms with Gasteiger partial charge in [0.15, 0.2) is 0 Å². The lowest BCUT2D eigenvalue weighted by atomic mass is 10.3. The molecule has 2 heterocycles. The minimum absolute atomic E-state index is 0.248. The van der Waals surface area contributed by atoms with Crippen molar-refractivity contribution in [1.82, 2.24) is 4.98 Å². The number of aromatic nitrogens is 1. The second-order valence-corrected chi connectivity index (χ2v) is 4.99. The molecule has 3 heteroatoms. The first-order valence-electron chi connectivity index (χ1n) is 5.29. The molecular weight excluding hydrogens is 216 g/mol. The minimum Gasteiger partial charge on any atom is -0.367 e. The first-order chi connectivity index (χ1) is 7.83. The van der Waals surface area contributed by atoms with Crippen molar-refractivity contribution in [2.24, 2.45) is 0 Å². The number of anilines is 1. The number of para-hydroxylation sites is 1. The molecule has 16 heavy (non-hydrogen) atoms. The van der Waals surface area contributed by atoms with E-state index in [2.05, 4.69) is 46.7 Å². The van der Waals surface area contributed by atoms with Crippen molar-refractivity contribution in [2.75, 3.05) is 5.32 Å². The fourth-order valence-electron chi connectivity index (χ4n) is 1.83. The Hall–Kier alpha value is -1.48. The number of benzene rings is 1. The van der Waals surface area contributed by atoms with Crippen LogP contribution in [-0.2, 0) is 0 Å². The average molecular weight is 228 g/mol. The van der Waals surface area contributed by atoms with E-state index in [0.717, 1.165) is 11.4 Å².